The zero-order chi connectivity index (χ0) is 20.4. The predicted molar refractivity (Wildman–Crippen MR) is 90.0 cm³/mol. The summed E-state index contributed by atoms with van der Waals surface area (Å²) >= 11 is 0. The Kier molecular flexibility index (Phi) is 6.09. The number of sulfone groups is 1. The van der Waals surface area contributed by atoms with Gasteiger partial charge in [0.15, 0.2) is 27.3 Å². The third-order valence-electron chi connectivity index (χ3n) is 3.80. The van der Waals surface area contributed by atoms with Crippen LogP contribution in [0.1, 0.15) is 12.5 Å². The summed E-state index contributed by atoms with van der Waals surface area (Å²) in [5.74, 6) is -7.36. The van der Waals surface area contributed by atoms with E-state index in [0.29, 0.717) is 6.07 Å². The highest BCUT2D eigenvalue weighted by atomic mass is 32.2. The molecular weight excluding hydrogens is 390 g/mol. The molecule has 0 unspecified atom stereocenters. The fraction of sp³-hybridized carbons (Fsp3) is 0.235. The lowest BCUT2D eigenvalue weighted by atomic mass is 10.2. The zero-order valence-electron chi connectivity index (χ0n) is 14.2. The maximum Gasteiger partial charge on any atom is 0.242 e. The maximum atomic E-state index is 13.6. The molecule has 0 saturated carbocycles. The molecule has 1 amide bonds. The van der Waals surface area contributed by atoms with Crippen LogP contribution in [0.5, 0.6) is 5.75 Å². The molecule has 0 spiro atoms. The fourth-order valence-electron chi connectivity index (χ4n) is 2.22. The van der Waals surface area contributed by atoms with Crippen molar-refractivity contribution in [1.82, 2.24) is 0 Å². The molecule has 10 heteroatoms. The predicted octanol–water partition coefficient (Wildman–Crippen LogP) is 3.19. The van der Waals surface area contributed by atoms with E-state index >= 15 is 0 Å². The molecule has 1 N–H and O–H groups in total. The van der Waals surface area contributed by atoms with Crippen LogP contribution in [0.15, 0.2) is 30.3 Å². The SMILES string of the molecule is COc1ccc(F)cc1CS(=O)(=O)[C@@H](C)C(=O)Nc1ccc(F)c(F)c1F. The Bertz CT molecular complexity index is 979. The minimum Gasteiger partial charge on any atom is -0.496 e. The van der Waals surface area contributed by atoms with E-state index in [1.807, 2.05) is 5.32 Å². The molecule has 0 aliphatic carbocycles. The van der Waals surface area contributed by atoms with Gasteiger partial charge in [-0.3, -0.25) is 4.79 Å². The van der Waals surface area contributed by atoms with Gasteiger partial charge in [0.2, 0.25) is 5.91 Å². The van der Waals surface area contributed by atoms with E-state index in [1.54, 1.807) is 0 Å². The molecule has 0 heterocycles. The summed E-state index contributed by atoms with van der Waals surface area (Å²) in [6, 6.07) is 4.62. The standard InChI is InChI=1S/C17H15F4NO4S/c1-9(17(23)22-13-5-4-12(19)15(20)16(13)21)27(24,25)8-10-7-11(18)3-6-14(10)26-2/h3-7,9H,8H2,1-2H3,(H,22,23)/t9-/m0/s1. The average molecular weight is 405 g/mol. The van der Waals surface area contributed by atoms with Crippen molar-refractivity contribution >= 4 is 21.4 Å². The molecule has 146 valence electrons. The third kappa shape index (κ3) is 4.57. The Balaban J connectivity index is 2.23. The van der Waals surface area contributed by atoms with Crippen LogP contribution in [0, 0.1) is 23.3 Å². The fourth-order valence-corrected chi connectivity index (χ4v) is 3.52. The number of carbonyl (C=O) groups is 1. The van der Waals surface area contributed by atoms with Gasteiger partial charge >= 0.3 is 0 Å². The zero-order valence-corrected chi connectivity index (χ0v) is 15.0. The van der Waals surface area contributed by atoms with Crippen LogP contribution in [0.3, 0.4) is 0 Å². The number of methoxy groups -OCH3 is 1. The quantitative estimate of drug-likeness (QED) is 0.592. The van der Waals surface area contributed by atoms with Gasteiger partial charge in [0.05, 0.1) is 18.6 Å². The summed E-state index contributed by atoms with van der Waals surface area (Å²) in [7, 11) is -2.89. The number of amides is 1. The molecule has 1 atom stereocenters. The normalized spacial score (nSPS) is 12.5. The van der Waals surface area contributed by atoms with Gasteiger partial charge in [-0.2, -0.15) is 0 Å². The molecule has 2 rings (SSSR count). The van der Waals surface area contributed by atoms with E-state index in [9.17, 15) is 30.8 Å². The highest BCUT2D eigenvalue weighted by Crippen LogP contribution is 2.24. The van der Waals surface area contributed by atoms with Crippen molar-refractivity contribution in [3.63, 3.8) is 0 Å². The minimum absolute atomic E-state index is 0.00356. The Morgan fingerprint density at radius 2 is 1.78 bits per heavy atom. The van der Waals surface area contributed by atoms with Gasteiger partial charge in [0, 0.05) is 5.56 Å². The Labute approximate surface area is 152 Å². The van der Waals surface area contributed by atoms with E-state index in [1.165, 1.54) is 13.2 Å². The van der Waals surface area contributed by atoms with Crippen LogP contribution in [0.4, 0.5) is 23.2 Å². The molecule has 2 aromatic carbocycles. The molecular formula is C17H15F4NO4S. The van der Waals surface area contributed by atoms with Crippen LogP contribution in [0.2, 0.25) is 0 Å². The number of hydrogen-bond acceptors (Lipinski definition) is 4. The van der Waals surface area contributed by atoms with Crippen molar-refractivity contribution in [3.8, 4) is 5.75 Å². The largest absolute Gasteiger partial charge is 0.496 e. The molecule has 0 saturated heterocycles. The van der Waals surface area contributed by atoms with Crippen molar-refractivity contribution in [2.45, 2.75) is 17.9 Å². The number of benzene rings is 2. The number of ether oxygens (including phenoxy) is 1. The van der Waals surface area contributed by atoms with Crippen molar-refractivity contribution in [1.29, 1.82) is 0 Å². The third-order valence-corrected chi connectivity index (χ3v) is 5.80. The highest BCUT2D eigenvalue weighted by Gasteiger charge is 2.30. The molecule has 0 aliphatic heterocycles. The lowest BCUT2D eigenvalue weighted by Gasteiger charge is -2.15. The van der Waals surface area contributed by atoms with Crippen LogP contribution in [-0.2, 0) is 20.4 Å². The van der Waals surface area contributed by atoms with Gasteiger partial charge in [-0.25, -0.2) is 26.0 Å². The Morgan fingerprint density at radius 3 is 2.41 bits per heavy atom. The Morgan fingerprint density at radius 1 is 1.11 bits per heavy atom. The van der Waals surface area contributed by atoms with Gasteiger partial charge in [-0.1, -0.05) is 0 Å². The number of hydrogen-bond donors (Lipinski definition) is 1. The van der Waals surface area contributed by atoms with E-state index in [4.69, 9.17) is 4.74 Å². The smallest absolute Gasteiger partial charge is 0.242 e. The number of carbonyl (C=O) groups excluding carboxylic acids is 1. The number of halogens is 4. The highest BCUT2D eigenvalue weighted by molar-refractivity contribution is 7.92. The van der Waals surface area contributed by atoms with Crippen molar-refractivity contribution in [2.75, 3.05) is 12.4 Å². The van der Waals surface area contributed by atoms with Gasteiger partial charge < -0.3 is 10.1 Å². The first-order chi connectivity index (χ1) is 12.6. The van der Waals surface area contributed by atoms with Crippen LogP contribution < -0.4 is 10.1 Å². The lowest BCUT2D eigenvalue weighted by Crippen LogP contribution is -2.33. The first kappa shape index (κ1) is 20.7. The second-order valence-electron chi connectivity index (χ2n) is 5.62. The number of anilines is 1. The first-order valence-electron chi connectivity index (χ1n) is 7.55. The summed E-state index contributed by atoms with van der Waals surface area (Å²) in [5, 5.41) is 0.222. The second-order valence-corrected chi connectivity index (χ2v) is 7.94. The number of nitrogens with one attached hydrogen (secondary N) is 1. The van der Waals surface area contributed by atoms with E-state index in [-0.39, 0.29) is 11.3 Å². The molecule has 27 heavy (non-hydrogen) atoms. The number of rotatable bonds is 6. The molecule has 0 aromatic heterocycles. The van der Waals surface area contributed by atoms with Crippen LogP contribution in [-0.4, -0.2) is 26.7 Å². The molecule has 2 aromatic rings. The van der Waals surface area contributed by atoms with Crippen molar-refractivity contribution in [2.24, 2.45) is 0 Å². The van der Waals surface area contributed by atoms with Crippen LogP contribution >= 0.6 is 0 Å². The molecule has 0 aliphatic rings. The molecule has 0 bridgehead atoms. The molecule has 5 nitrogen and oxygen atoms in total. The monoisotopic (exact) mass is 405 g/mol. The maximum absolute atomic E-state index is 13.6. The van der Waals surface area contributed by atoms with Crippen LogP contribution in [0.25, 0.3) is 0 Å². The van der Waals surface area contributed by atoms with E-state index in [2.05, 4.69) is 0 Å². The molecule has 0 fully saturated rings. The van der Waals surface area contributed by atoms with Gasteiger partial charge in [-0.05, 0) is 37.3 Å². The van der Waals surface area contributed by atoms with Crippen molar-refractivity contribution < 1.29 is 35.5 Å². The summed E-state index contributed by atoms with van der Waals surface area (Å²) < 4.78 is 83.0. The van der Waals surface area contributed by atoms with E-state index in [0.717, 1.165) is 25.1 Å². The topological polar surface area (TPSA) is 72.5 Å². The van der Waals surface area contributed by atoms with Crippen molar-refractivity contribution in [3.05, 3.63) is 59.2 Å². The van der Waals surface area contributed by atoms with E-state index < -0.39 is 55.7 Å². The minimum atomic E-state index is -4.16. The first-order valence-corrected chi connectivity index (χ1v) is 9.26. The lowest BCUT2D eigenvalue weighted by molar-refractivity contribution is -0.115. The second kappa shape index (κ2) is 7.95. The van der Waals surface area contributed by atoms with Gasteiger partial charge in [-0.15, -0.1) is 0 Å². The summed E-state index contributed by atoms with van der Waals surface area (Å²) in [5.41, 5.74) is -0.708. The summed E-state index contributed by atoms with van der Waals surface area (Å²) in [6.45, 7) is 1.04. The van der Waals surface area contributed by atoms with Gasteiger partial charge in [0.1, 0.15) is 16.8 Å². The average Bonchev–Trinajstić information content (AvgIpc) is 2.61. The Hall–Kier alpha value is -2.62. The molecule has 0 radical (unpaired) electrons. The summed E-state index contributed by atoms with van der Waals surface area (Å²) in [4.78, 5) is 12.1. The van der Waals surface area contributed by atoms with Gasteiger partial charge in [0.25, 0.3) is 0 Å². The summed E-state index contributed by atoms with van der Waals surface area (Å²) in [6.07, 6.45) is 0.